The normalized spacial score (nSPS) is 13.7. The number of carbonyl (C=O) groups is 2. The van der Waals surface area contributed by atoms with Crippen LogP contribution in [0.15, 0.2) is 48.5 Å². The lowest BCUT2D eigenvalue weighted by molar-refractivity contribution is -0.385. The number of ether oxygens (including phenoxy) is 2. The molecule has 266 valence electrons. The Bertz CT molecular complexity index is 1160. The lowest BCUT2D eigenvalue weighted by Crippen LogP contribution is -2.40. The van der Waals surface area contributed by atoms with E-state index in [0.29, 0.717) is 38.8 Å². The molecule has 0 fully saturated rings. The molecule has 2 aromatic rings. The molecular weight excluding hydrogens is 616 g/mol. The van der Waals surface area contributed by atoms with Crippen LogP contribution in [0.25, 0.3) is 0 Å². The van der Waals surface area contributed by atoms with Gasteiger partial charge in [-0.15, -0.1) is 0 Å². The Morgan fingerprint density at radius 3 is 1.27 bits per heavy atom. The number of esters is 2. The smallest absolute Gasteiger partial charge is 0.419 e. The largest absolute Gasteiger partial charge is 0.438 e. The maximum absolute atomic E-state index is 13.0. The molecule has 0 heterocycles. The van der Waals surface area contributed by atoms with Crippen molar-refractivity contribution in [3.05, 3.63) is 79.9 Å². The number of unbranched alkanes of at least 4 members (excludes halogenated alkanes) is 6. The lowest BCUT2D eigenvalue weighted by Gasteiger charge is -2.23. The first-order chi connectivity index (χ1) is 23.0. The number of nitrogens with zero attached hydrogens (tertiary/aromatic N) is 2. The van der Waals surface area contributed by atoms with Crippen molar-refractivity contribution in [3.8, 4) is 0 Å². The third-order valence-electron chi connectivity index (χ3n) is 8.54. The van der Waals surface area contributed by atoms with E-state index in [-0.39, 0.29) is 23.2 Å². The Kier molecular flexibility index (Phi) is 19.0. The summed E-state index contributed by atoms with van der Waals surface area (Å²) < 4.78 is 11.3. The van der Waals surface area contributed by atoms with E-state index in [1.807, 2.05) is 13.8 Å². The van der Waals surface area contributed by atoms with Gasteiger partial charge in [-0.05, 0) is 74.6 Å². The zero-order chi connectivity index (χ0) is 35.3. The summed E-state index contributed by atoms with van der Waals surface area (Å²) in [7, 11) is 0. The Labute approximate surface area is 284 Å². The number of hydrogen-bond donors (Lipinski definition) is 2. The van der Waals surface area contributed by atoms with Gasteiger partial charge in [0, 0.05) is 24.3 Å². The highest BCUT2D eigenvalue weighted by Gasteiger charge is 2.26. The van der Waals surface area contributed by atoms with Gasteiger partial charge in [0.25, 0.3) is 11.4 Å². The average molecular weight is 671 g/mol. The number of nitro groups is 2. The number of carbonyl (C=O) groups excluding carboxylic acids is 2. The molecule has 12 nitrogen and oxygen atoms in total. The predicted molar refractivity (Wildman–Crippen MR) is 186 cm³/mol. The zero-order valence-corrected chi connectivity index (χ0v) is 29.0. The van der Waals surface area contributed by atoms with Gasteiger partial charge in [0.2, 0.25) is 0 Å². The van der Waals surface area contributed by atoms with Gasteiger partial charge in [-0.3, -0.25) is 30.9 Å². The quantitative estimate of drug-likeness (QED) is 0.0279. The molecule has 2 rings (SSSR count). The van der Waals surface area contributed by atoms with Crippen LogP contribution in [0.3, 0.4) is 0 Å². The van der Waals surface area contributed by atoms with Crippen LogP contribution in [-0.4, -0.2) is 47.3 Å². The molecule has 0 saturated carbocycles. The molecule has 0 amide bonds. The molecule has 0 aliphatic carbocycles. The molecule has 0 spiro atoms. The Hall–Kier alpha value is -3.90. The van der Waals surface area contributed by atoms with Crippen LogP contribution < -0.4 is 10.6 Å². The molecule has 4 unspecified atom stereocenters. The maximum Gasteiger partial charge on any atom is 0.419 e. The van der Waals surface area contributed by atoms with Gasteiger partial charge in [0.1, 0.15) is 0 Å². The summed E-state index contributed by atoms with van der Waals surface area (Å²) >= 11 is 0. The minimum atomic E-state index is -1.06. The number of hydrogen-bond acceptors (Lipinski definition) is 10. The molecule has 2 aromatic carbocycles. The molecule has 12 heteroatoms. The second-order valence-corrected chi connectivity index (χ2v) is 12.5. The van der Waals surface area contributed by atoms with E-state index < -0.39 is 34.2 Å². The van der Waals surface area contributed by atoms with Gasteiger partial charge in [0.15, 0.2) is 12.5 Å². The fourth-order valence-corrected chi connectivity index (χ4v) is 5.37. The van der Waals surface area contributed by atoms with Gasteiger partial charge >= 0.3 is 11.9 Å². The third kappa shape index (κ3) is 15.3. The maximum atomic E-state index is 13.0. The van der Waals surface area contributed by atoms with Crippen LogP contribution in [0.4, 0.5) is 11.4 Å². The second-order valence-electron chi connectivity index (χ2n) is 12.5. The first kappa shape index (κ1) is 40.3. The van der Waals surface area contributed by atoms with E-state index in [1.165, 1.54) is 24.3 Å². The SMILES string of the molecule is CCCCCCNC(CCC(C)c1ccc([N+](=O)[O-])cc1)OC(=O)C(=O)OC(CCC(C)c1ccc([N+](=O)[O-])cc1)NCCCCCC. The van der Waals surface area contributed by atoms with Crippen LogP contribution in [-0.2, 0) is 19.1 Å². The minimum absolute atomic E-state index is 0.0274. The fraction of sp³-hybridized carbons (Fsp3) is 0.611. The standard InChI is InChI=1S/C36H54N4O8/c1-5-7-9-11-25-37-33(23-13-27(3)29-15-19-31(20-16-29)39(43)44)47-35(41)36(42)48-34(38-26-12-10-8-6-2)24-14-28(4)30-17-21-32(22-18-30)40(45)46/h15-22,27-28,33-34,37-38H,5-14,23-26H2,1-4H3. The van der Waals surface area contributed by atoms with Crippen LogP contribution in [0.2, 0.25) is 0 Å². The lowest BCUT2D eigenvalue weighted by atomic mass is 9.95. The first-order valence-corrected chi connectivity index (χ1v) is 17.4. The Balaban J connectivity index is 2.02. The molecule has 2 N–H and O–H groups in total. The number of nitrogens with one attached hydrogen (secondary N) is 2. The summed E-state index contributed by atoms with van der Waals surface area (Å²) in [5.41, 5.74) is 1.92. The minimum Gasteiger partial charge on any atom is -0.438 e. The van der Waals surface area contributed by atoms with E-state index in [4.69, 9.17) is 9.47 Å². The van der Waals surface area contributed by atoms with Gasteiger partial charge in [-0.1, -0.05) is 90.5 Å². The molecule has 0 saturated heterocycles. The van der Waals surface area contributed by atoms with Gasteiger partial charge in [0.05, 0.1) is 9.85 Å². The van der Waals surface area contributed by atoms with Crippen LogP contribution >= 0.6 is 0 Å². The van der Waals surface area contributed by atoms with Gasteiger partial charge in [-0.2, -0.15) is 0 Å². The van der Waals surface area contributed by atoms with E-state index in [0.717, 1.165) is 62.5 Å². The molecule has 0 aliphatic rings. The van der Waals surface area contributed by atoms with E-state index in [9.17, 15) is 29.8 Å². The molecule has 4 atom stereocenters. The highest BCUT2D eigenvalue weighted by atomic mass is 16.6. The molecular formula is C36H54N4O8. The summed E-state index contributed by atoms with van der Waals surface area (Å²) in [6.45, 7) is 9.52. The fourth-order valence-electron chi connectivity index (χ4n) is 5.37. The number of rotatable bonds is 24. The van der Waals surface area contributed by atoms with Crippen molar-refractivity contribution < 1.29 is 28.9 Å². The summed E-state index contributed by atoms with van der Waals surface area (Å²) in [6.07, 6.45) is 9.00. The van der Waals surface area contributed by atoms with E-state index in [2.05, 4.69) is 24.5 Å². The average Bonchev–Trinajstić information content (AvgIpc) is 3.08. The Morgan fingerprint density at radius 2 is 0.958 bits per heavy atom. The zero-order valence-electron chi connectivity index (χ0n) is 29.0. The molecule has 0 bridgehead atoms. The molecule has 0 radical (unpaired) electrons. The number of benzene rings is 2. The third-order valence-corrected chi connectivity index (χ3v) is 8.54. The van der Waals surface area contributed by atoms with Crippen molar-refractivity contribution in [2.24, 2.45) is 0 Å². The van der Waals surface area contributed by atoms with Gasteiger partial charge in [-0.25, -0.2) is 9.59 Å². The summed E-state index contributed by atoms with van der Waals surface area (Å²) in [5.74, 6) is -2.05. The van der Waals surface area contributed by atoms with Crippen LogP contribution in [0.1, 0.15) is 128 Å². The summed E-state index contributed by atoms with van der Waals surface area (Å²) in [5, 5.41) is 28.6. The van der Waals surface area contributed by atoms with Crippen LogP contribution in [0, 0.1) is 20.2 Å². The molecule has 0 aliphatic heterocycles. The highest BCUT2D eigenvalue weighted by Crippen LogP contribution is 2.25. The van der Waals surface area contributed by atoms with Crippen molar-refractivity contribution >= 4 is 23.3 Å². The topological polar surface area (TPSA) is 163 Å². The van der Waals surface area contributed by atoms with E-state index in [1.54, 1.807) is 24.3 Å². The van der Waals surface area contributed by atoms with Crippen molar-refractivity contribution in [1.29, 1.82) is 0 Å². The Morgan fingerprint density at radius 1 is 0.604 bits per heavy atom. The summed E-state index contributed by atoms with van der Waals surface area (Å²) in [6, 6.07) is 12.8. The number of nitro benzene ring substituents is 2. The summed E-state index contributed by atoms with van der Waals surface area (Å²) in [4.78, 5) is 47.2. The van der Waals surface area contributed by atoms with Crippen molar-refractivity contribution in [2.75, 3.05) is 13.1 Å². The second kappa shape index (κ2) is 22.6. The van der Waals surface area contributed by atoms with Crippen molar-refractivity contribution in [2.45, 2.75) is 129 Å². The van der Waals surface area contributed by atoms with E-state index >= 15 is 0 Å². The van der Waals surface area contributed by atoms with Crippen LogP contribution in [0.5, 0.6) is 0 Å². The molecule has 48 heavy (non-hydrogen) atoms. The monoisotopic (exact) mass is 670 g/mol. The highest BCUT2D eigenvalue weighted by molar-refractivity contribution is 6.29. The number of non-ortho nitro benzene ring substituents is 2. The predicted octanol–water partition coefficient (Wildman–Crippen LogP) is 8.05. The van der Waals surface area contributed by atoms with Crippen molar-refractivity contribution in [3.63, 3.8) is 0 Å². The van der Waals surface area contributed by atoms with Crippen molar-refractivity contribution in [1.82, 2.24) is 10.6 Å². The first-order valence-electron chi connectivity index (χ1n) is 17.4. The molecule has 0 aromatic heterocycles. The van der Waals surface area contributed by atoms with Gasteiger partial charge < -0.3 is 9.47 Å².